The molecule has 1 aromatic heterocycles. The molecule has 2 N–H and O–H groups in total. The van der Waals surface area contributed by atoms with Gasteiger partial charge in [-0.25, -0.2) is 4.98 Å². The average Bonchev–Trinajstić information content (AvgIpc) is 2.96. The predicted molar refractivity (Wildman–Crippen MR) is 161 cm³/mol. The number of nitrogens with zero attached hydrogens (tertiary/aromatic N) is 3. The molecule has 1 heterocycles. The van der Waals surface area contributed by atoms with Crippen molar-refractivity contribution in [2.24, 2.45) is 5.92 Å². The topological polar surface area (TPSA) is 90.0 Å². The smallest absolute Gasteiger partial charge is 0.225 e. The SMILES string of the molecule is CCOc1cc(OCC)c(OC)c(OCC)c1CNC1CCC(CNc2nc(N(C)C)c3ccccc3n2)CC1. The third-order valence-electron chi connectivity index (χ3n) is 7.33. The van der Waals surface area contributed by atoms with Crippen LogP contribution in [0.2, 0.25) is 0 Å². The minimum absolute atomic E-state index is 0.426. The summed E-state index contributed by atoms with van der Waals surface area (Å²) in [5, 5.41) is 8.35. The highest BCUT2D eigenvalue weighted by molar-refractivity contribution is 5.90. The van der Waals surface area contributed by atoms with Crippen LogP contribution in [0.15, 0.2) is 30.3 Å². The van der Waals surface area contributed by atoms with Gasteiger partial charge < -0.3 is 34.5 Å². The van der Waals surface area contributed by atoms with Crippen LogP contribution in [-0.2, 0) is 6.54 Å². The standard InChI is InChI=1S/C31H45N5O4/c1-7-38-26-18-27(39-8-2)29(37-6)28(40-9-3)24(26)20-32-22-16-14-21(15-17-22)19-33-31-34-25-13-11-10-12-23(25)30(35-31)36(4)5/h10-13,18,21-22,32H,7-9,14-17,19-20H2,1-6H3,(H,33,34,35). The van der Waals surface area contributed by atoms with E-state index in [1.807, 2.05) is 64.0 Å². The first kappa shape index (κ1) is 29.5. The van der Waals surface area contributed by atoms with E-state index in [4.69, 9.17) is 28.9 Å². The maximum Gasteiger partial charge on any atom is 0.225 e. The van der Waals surface area contributed by atoms with Gasteiger partial charge in [-0.15, -0.1) is 0 Å². The van der Waals surface area contributed by atoms with E-state index in [9.17, 15) is 0 Å². The largest absolute Gasteiger partial charge is 0.493 e. The minimum Gasteiger partial charge on any atom is -0.493 e. The highest BCUT2D eigenvalue weighted by Crippen LogP contribution is 2.45. The second-order valence-electron chi connectivity index (χ2n) is 10.3. The summed E-state index contributed by atoms with van der Waals surface area (Å²) in [6.07, 6.45) is 4.50. The van der Waals surface area contributed by atoms with E-state index in [-0.39, 0.29) is 0 Å². The number of nitrogens with one attached hydrogen (secondary N) is 2. The molecule has 0 atom stereocenters. The quantitative estimate of drug-likeness (QED) is 0.263. The molecule has 0 aliphatic heterocycles. The molecule has 0 unspecified atom stereocenters. The lowest BCUT2D eigenvalue weighted by Gasteiger charge is -2.30. The van der Waals surface area contributed by atoms with Gasteiger partial charge in [0, 0.05) is 44.7 Å². The number of ether oxygens (including phenoxy) is 4. The molecule has 2 aromatic carbocycles. The van der Waals surface area contributed by atoms with E-state index in [1.54, 1.807) is 7.11 Å². The lowest BCUT2D eigenvalue weighted by molar-refractivity contribution is 0.266. The number of hydrogen-bond donors (Lipinski definition) is 2. The van der Waals surface area contributed by atoms with Gasteiger partial charge in [0.25, 0.3) is 0 Å². The number of hydrogen-bond acceptors (Lipinski definition) is 9. The molecule has 4 rings (SSSR count). The third kappa shape index (κ3) is 6.99. The summed E-state index contributed by atoms with van der Waals surface area (Å²) in [4.78, 5) is 11.6. The van der Waals surface area contributed by atoms with E-state index < -0.39 is 0 Å². The Kier molecular flexibility index (Phi) is 10.5. The molecule has 1 saturated carbocycles. The van der Waals surface area contributed by atoms with Crippen molar-refractivity contribution in [1.82, 2.24) is 15.3 Å². The summed E-state index contributed by atoms with van der Waals surface area (Å²) in [6, 6.07) is 10.5. The number of para-hydroxylation sites is 1. The highest BCUT2D eigenvalue weighted by atomic mass is 16.5. The van der Waals surface area contributed by atoms with Crippen molar-refractivity contribution in [3.8, 4) is 23.0 Å². The van der Waals surface area contributed by atoms with Crippen molar-refractivity contribution in [2.45, 2.75) is 59.0 Å². The number of benzene rings is 2. The molecule has 0 amide bonds. The first-order valence-electron chi connectivity index (χ1n) is 14.5. The van der Waals surface area contributed by atoms with Crippen molar-refractivity contribution >= 4 is 22.7 Å². The Hall–Kier alpha value is -3.46. The molecule has 218 valence electrons. The molecule has 9 nitrogen and oxygen atoms in total. The maximum absolute atomic E-state index is 6.07. The molecule has 0 radical (unpaired) electrons. The molecule has 40 heavy (non-hydrogen) atoms. The number of rotatable bonds is 14. The summed E-state index contributed by atoms with van der Waals surface area (Å²) in [5.41, 5.74) is 1.93. The van der Waals surface area contributed by atoms with Gasteiger partial charge in [0.2, 0.25) is 11.7 Å². The van der Waals surface area contributed by atoms with E-state index in [2.05, 4.69) is 16.7 Å². The highest BCUT2D eigenvalue weighted by Gasteiger charge is 2.25. The monoisotopic (exact) mass is 551 g/mol. The van der Waals surface area contributed by atoms with Crippen molar-refractivity contribution in [2.75, 3.05) is 57.8 Å². The summed E-state index contributed by atoms with van der Waals surface area (Å²) >= 11 is 0. The van der Waals surface area contributed by atoms with E-state index in [0.717, 1.165) is 60.3 Å². The van der Waals surface area contributed by atoms with Gasteiger partial charge in [0.15, 0.2) is 11.5 Å². The van der Waals surface area contributed by atoms with Crippen LogP contribution in [0.3, 0.4) is 0 Å². The Balaban J connectivity index is 1.37. The average molecular weight is 552 g/mol. The fourth-order valence-corrected chi connectivity index (χ4v) is 5.37. The molecule has 0 spiro atoms. The second-order valence-corrected chi connectivity index (χ2v) is 10.3. The van der Waals surface area contributed by atoms with Crippen LogP contribution in [-0.4, -0.2) is 63.6 Å². The van der Waals surface area contributed by atoms with E-state index in [1.165, 1.54) is 0 Å². The van der Waals surface area contributed by atoms with Crippen LogP contribution in [0.5, 0.6) is 23.0 Å². The summed E-state index contributed by atoms with van der Waals surface area (Å²) in [5.74, 6) is 4.93. The number of fused-ring (bicyclic) bond motifs is 1. The third-order valence-corrected chi connectivity index (χ3v) is 7.33. The van der Waals surface area contributed by atoms with Crippen LogP contribution in [0.4, 0.5) is 11.8 Å². The van der Waals surface area contributed by atoms with Gasteiger partial charge >= 0.3 is 0 Å². The predicted octanol–water partition coefficient (Wildman–Crippen LogP) is 5.66. The van der Waals surface area contributed by atoms with Gasteiger partial charge in [-0.1, -0.05) is 12.1 Å². The first-order valence-corrected chi connectivity index (χ1v) is 14.5. The Labute approximate surface area is 238 Å². The number of methoxy groups -OCH3 is 1. The zero-order valence-corrected chi connectivity index (χ0v) is 24.9. The van der Waals surface area contributed by atoms with Crippen LogP contribution in [0, 0.1) is 5.92 Å². The first-order chi connectivity index (χ1) is 19.5. The zero-order chi connectivity index (χ0) is 28.5. The van der Waals surface area contributed by atoms with Crippen LogP contribution in [0.1, 0.15) is 52.0 Å². The zero-order valence-electron chi connectivity index (χ0n) is 24.9. The van der Waals surface area contributed by atoms with Gasteiger partial charge in [-0.05, 0) is 64.5 Å². The molecule has 9 heteroatoms. The van der Waals surface area contributed by atoms with Gasteiger partial charge in [-0.2, -0.15) is 4.98 Å². The molecule has 1 fully saturated rings. The molecule has 1 aliphatic rings. The van der Waals surface area contributed by atoms with Crippen molar-refractivity contribution in [3.63, 3.8) is 0 Å². The maximum atomic E-state index is 6.07. The van der Waals surface area contributed by atoms with Crippen LogP contribution >= 0.6 is 0 Å². The van der Waals surface area contributed by atoms with Crippen LogP contribution < -0.4 is 34.5 Å². The Morgan fingerprint density at radius 2 is 1.57 bits per heavy atom. The van der Waals surface area contributed by atoms with Crippen LogP contribution in [0.25, 0.3) is 10.9 Å². The lowest BCUT2D eigenvalue weighted by Crippen LogP contribution is -2.34. The molecule has 3 aromatic rings. The van der Waals surface area contributed by atoms with Gasteiger partial charge in [0.1, 0.15) is 11.6 Å². The van der Waals surface area contributed by atoms with E-state index in [0.29, 0.717) is 61.5 Å². The molecule has 0 bridgehead atoms. The van der Waals surface area contributed by atoms with Crippen molar-refractivity contribution < 1.29 is 18.9 Å². The lowest BCUT2D eigenvalue weighted by atomic mass is 9.86. The Morgan fingerprint density at radius 1 is 0.875 bits per heavy atom. The number of anilines is 2. The molecular formula is C31H45N5O4. The molecular weight excluding hydrogens is 506 g/mol. The summed E-state index contributed by atoms with van der Waals surface area (Å²) in [7, 11) is 5.69. The minimum atomic E-state index is 0.426. The summed E-state index contributed by atoms with van der Waals surface area (Å²) in [6.45, 7) is 9.05. The fraction of sp³-hybridized carbons (Fsp3) is 0.548. The normalized spacial score (nSPS) is 16.9. The van der Waals surface area contributed by atoms with E-state index >= 15 is 0 Å². The van der Waals surface area contributed by atoms with Crippen molar-refractivity contribution in [3.05, 3.63) is 35.9 Å². The van der Waals surface area contributed by atoms with Gasteiger partial charge in [-0.3, -0.25) is 0 Å². The second kappa shape index (κ2) is 14.3. The Morgan fingerprint density at radius 3 is 2.25 bits per heavy atom. The number of aromatic nitrogens is 2. The fourth-order valence-electron chi connectivity index (χ4n) is 5.37. The Bertz CT molecular complexity index is 1240. The van der Waals surface area contributed by atoms with Gasteiger partial charge in [0.05, 0.1) is 38.0 Å². The molecule has 0 saturated heterocycles. The van der Waals surface area contributed by atoms with Crippen molar-refractivity contribution in [1.29, 1.82) is 0 Å². The summed E-state index contributed by atoms with van der Waals surface area (Å²) < 4.78 is 23.6. The molecule has 1 aliphatic carbocycles.